The molecule has 0 unspecified atom stereocenters. The quantitative estimate of drug-likeness (QED) is 0.327. The minimum absolute atomic E-state index is 0.189. The van der Waals surface area contributed by atoms with E-state index in [1.165, 1.54) is 6.16 Å². The van der Waals surface area contributed by atoms with Gasteiger partial charge >= 0.3 is 0 Å². The summed E-state index contributed by atoms with van der Waals surface area (Å²) in [5.41, 5.74) is 0. The van der Waals surface area contributed by atoms with Crippen molar-refractivity contribution in [2.24, 2.45) is 5.18 Å². The zero-order valence-corrected chi connectivity index (χ0v) is 6.32. The normalized spacial score (nSPS) is 9.88. The van der Waals surface area contributed by atoms with E-state index >= 15 is 0 Å². The molecule has 0 atom stereocenters. The van der Waals surface area contributed by atoms with Crippen LogP contribution >= 0.6 is 7.92 Å². The Balaban J connectivity index is 2.81. The summed E-state index contributed by atoms with van der Waals surface area (Å²) in [5.74, 6) is 0. The molecule has 0 aliphatic carbocycles. The van der Waals surface area contributed by atoms with Gasteiger partial charge in [0.2, 0.25) is 0 Å². The Labute approximate surface area is 51.4 Å². The SMILES string of the molecule is CP(C)CCCN=O. The summed E-state index contributed by atoms with van der Waals surface area (Å²) in [5, 5.41) is 2.77. The van der Waals surface area contributed by atoms with Gasteiger partial charge in [-0.3, -0.25) is 0 Å². The molecule has 0 amide bonds. The second-order valence-electron chi connectivity index (χ2n) is 2.01. The largest absolute Gasteiger partial charge is 0.151 e. The minimum atomic E-state index is 0.189. The van der Waals surface area contributed by atoms with Crippen molar-refractivity contribution in [2.75, 3.05) is 26.0 Å². The molecule has 0 spiro atoms. The molecule has 8 heavy (non-hydrogen) atoms. The van der Waals surface area contributed by atoms with Crippen LogP contribution in [0.15, 0.2) is 5.18 Å². The first-order chi connectivity index (χ1) is 3.77. The maximum absolute atomic E-state index is 9.54. The van der Waals surface area contributed by atoms with Crippen molar-refractivity contribution >= 4 is 7.92 Å². The molecule has 0 aromatic heterocycles. The monoisotopic (exact) mass is 133 g/mol. The molecular formula is C5H12NOP. The van der Waals surface area contributed by atoms with E-state index in [4.69, 9.17) is 0 Å². The van der Waals surface area contributed by atoms with E-state index in [0.717, 1.165) is 6.42 Å². The molecule has 0 N–H and O–H groups in total. The maximum atomic E-state index is 9.54. The van der Waals surface area contributed by atoms with Crippen molar-refractivity contribution < 1.29 is 0 Å². The van der Waals surface area contributed by atoms with Crippen molar-refractivity contribution in [3.63, 3.8) is 0 Å². The summed E-state index contributed by atoms with van der Waals surface area (Å²) in [4.78, 5) is 9.54. The van der Waals surface area contributed by atoms with Gasteiger partial charge < -0.3 is 0 Å². The summed E-state index contributed by atoms with van der Waals surface area (Å²) in [7, 11) is 0.189. The summed E-state index contributed by atoms with van der Waals surface area (Å²) >= 11 is 0. The zero-order valence-electron chi connectivity index (χ0n) is 5.42. The molecule has 0 aliphatic rings. The van der Waals surface area contributed by atoms with Gasteiger partial charge in [-0.05, 0) is 25.9 Å². The highest BCUT2D eigenvalue weighted by Gasteiger charge is 1.90. The van der Waals surface area contributed by atoms with Crippen molar-refractivity contribution in [2.45, 2.75) is 6.42 Å². The molecule has 0 fully saturated rings. The number of nitrogens with zero attached hydrogens (tertiary/aromatic N) is 1. The van der Waals surface area contributed by atoms with E-state index in [9.17, 15) is 4.91 Å². The molecule has 2 nitrogen and oxygen atoms in total. The molecule has 0 aliphatic heterocycles. The average Bonchev–Trinajstić information content (AvgIpc) is 1.66. The fraction of sp³-hybridized carbons (Fsp3) is 1.00. The fourth-order valence-corrected chi connectivity index (χ4v) is 1.23. The molecular weight excluding hydrogens is 121 g/mol. The zero-order chi connectivity index (χ0) is 6.41. The standard InChI is InChI=1S/C5H12NOP/c1-8(2)5-3-4-6-7/h3-5H2,1-2H3. The molecule has 0 radical (unpaired) electrons. The van der Waals surface area contributed by atoms with Gasteiger partial charge in [-0.25, -0.2) is 0 Å². The van der Waals surface area contributed by atoms with Gasteiger partial charge in [0, 0.05) is 0 Å². The molecule has 0 saturated carbocycles. The smallest absolute Gasteiger partial charge is 0.0814 e. The highest BCUT2D eigenvalue weighted by molar-refractivity contribution is 7.55. The van der Waals surface area contributed by atoms with Crippen LogP contribution in [0.3, 0.4) is 0 Å². The molecule has 0 aromatic carbocycles. The highest BCUT2D eigenvalue weighted by Crippen LogP contribution is 2.24. The molecule has 0 aromatic rings. The van der Waals surface area contributed by atoms with Gasteiger partial charge in [0.15, 0.2) is 0 Å². The molecule has 0 saturated heterocycles. The Morgan fingerprint density at radius 2 is 2.12 bits per heavy atom. The van der Waals surface area contributed by atoms with Gasteiger partial charge in [0.1, 0.15) is 0 Å². The lowest BCUT2D eigenvalue weighted by molar-refractivity contribution is 0.932. The summed E-state index contributed by atoms with van der Waals surface area (Å²) in [6.07, 6.45) is 2.16. The van der Waals surface area contributed by atoms with Crippen molar-refractivity contribution in [1.29, 1.82) is 0 Å². The molecule has 0 heterocycles. The Hall–Kier alpha value is 0.0300. The lowest BCUT2D eigenvalue weighted by atomic mass is 10.5. The van der Waals surface area contributed by atoms with Crippen molar-refractivity contribution in [3.05, 3.63) is 4.91 Å². The van der Waals surface area contributed by atoms with Crippen molar-refractivity contribution in [3.8, 4) is 0 Å². The second-order valence-corrected chi connectivity index (χ2v) is 4.62. The Morgan fingerprint density at radius 1 is 1.50 bits per heavy atom. The lowest BCUT2D eigenvalue weighted by Crippen LogP contribution is -1.84. The van der Waals surface area contributed by atoms with Crippen LogP contribution < -0.4 is 0 Å². The van der Waals surface area contributed by atoms with Gasteiger partial charge in [-0.15, -0.1) is 7.92 Å². The van der Waals surface area contributed by atoms with Gasteiger partial charge in [-0.2, -0.15) is 4.91 Å². The van der Waals surface area contributed by atoms with Crippen LogP contribution in [0.5, 0.6) is 0 Å². The van der Waals surface area contributed by atoms with E-state index < -0.39 is 0 Å². The Kier molecular flexibility index (Phi) is 5.19. The molecule has 0 bridgehead atoms. The number of rotatable bonds is 4. The Bertz CT molecular complexity index is 65.4. The first-order valence-electron chi connectivity index (χ1n) is 2.71. The summed E-state index contributed by atoms with van der Waals surface area (Å²) < 4.78 is 0. The van der Waals surface area contributed by atoms with Crippen molar-refractivity contribution in [1.82, 2.24) is 0 Å². The predicted molar refractivity (Wildman–Crippen MR) is 38.9 cm³/mol. The Morgan fingerprint density at radius 3 is 2.50 bits per heavy atom. The minimum Gasteiger partial charge on any atom is -0.151 e. The summed E-state index contributed by atoms with van der Waals surface area (Å²) in [6, 6.07) is 0. The van der Waals surface area contributed by atoms with Crippen LogP contribution in [0.2, 0.25) is 0 Å². The summed E-state index contributed by atoms with van der Waals surface area (Å²) in [6.45, 7) is 4.92. The molecule has 0 rings (SSSR count). The fourth-order valence-electron chi connectivity index (χ4n) is 0.451. The second kappa shape index (κ2) is 5.17. The van der Waals surface area contributed by atoms with E-state index in [2.05, 4.69) is 18.5 Å². The lowest BCUT2D eigenvalue weighted by Gasteiger charge is -1.99. The topological polar surface area (TPSA) is 29.4 Å². The van der Waals surface area contributed by atoms with E-state index in [1.54, 1.807) is 0 Å². The van der Waals surface area contributed by atoms with Crippen LogP contribution in [0.25, 0.3) is 0 Å². The van der Waals surface area contributed by atoms with E-state index in [-0.39, 0.29) is 7.92 Å². The van der Waals surface area contributed by atoms with Gasteiger partial charge in [0.25, 0.3) is 0 Å². The highest BCUT2D eigenvalue weighted by atomic mass is 31.1. The van der Waals surface area contributed by atoms with Gasteiger partial charge in [-0.1, -0.05) is 5.18 Å². The van der Waals surface area contributed by atoms with E-state index in [1.807, 2.05) is 0 Å². The number of hydrogen-bond donors (Lipinski definition) is 0. The van der Waals surface area contributed by atoms with E-state index in [0.29, 0.717) is 6.54 Å². The first-order valence-corrected chi connectivity index (χ1v) is 5.13. The molecule has 3 heteroatoms. The van der Waals surface area contributed by atoms with Crippen LogP contribution in [0, 0.1) is 4.91 Å². The third kappa shape index (κ3) is 6.03. The maximum Gasteiger partial charge on any atom is 0.0814 e. The predicted octanol–water partition coefficient (Wildman–Crippen LogP) is 1.88. The number of nitroso groups, excluding NO2 is 1. The first kappa shape index (κ1) is 8.03. The van der Waals surface area contributed by atoms with Gasteiger partial charge in [0.05, 0.1) is 6.54 Å². The number of hydrogen-bond acceptors (Lipinski definition) is 2. The molecule has 48 valence electrons. The van der Waals surface area contributed by atoms with Crippen LogP contribution in [-0.2, 0) is 0 Å². The van der Waals surface area contributed by atoms with Crippen LogP contribution in [-0.4, -0.2) is 26.0 Å². The van der Waals surface area contributed by atoms with Crippen LogP contribution in [0.1, 0.15) is 6.42 Å². The third-order valence-corrected chi connectivity index (χ3v) is 2.07. The third-order valence-electron chi connectivity index (χ3n) is 0.855. The van der Waals surface area contributed by atoms with Crippen LogP contribution in [0.4, 0.5) is 0 Å². The average molecular weight is 133 g/mol.